The van der Waals surface area contributed by atoms with Gasteiger partial charge in [0.15, 0.2) is 0 Å². The molecule has 94 valence electrons. The standard InChI is InChI=1S/C14H16N2OS/c1-16-12-5-3-2-4-11(12)15-14(16)8-13(17)10-6-7-18-9-10/h2-5,10H,6-9H2,1H3. The monoisotopic (exact) mass is 260 g/mol. The van der Waals surface area contributed by atoms with E-state index in [4.69, 9.17) is 0 Å². The molecule has 0 radical (unpaired) electrons. The number of carbonyl (C=O) groups excluding carboxylic acids is 1. The molecular weight excluding hydrogens is 244 g/mol. The Morgan fingerprint density at radius 2 is 2.33 bits per heavy atom. The topological polar surface area (TPSA) is 34.9 Å². The number of nitrogens with zero attached hydrogens (tertiary/aromatic N) is 2. The molecule has 0 bridgehead atoms. The van der Waals surface area contributed by atoms with Gasteiger partial charge in [-0.15, -0.1) is 0 Å². The normalized spacial score (nSPS) is 19.5. The predicted octanol–water partition coefficient (Wildman–Crippen LogP) is 2.44. The Kier molecular flexibility index (Phi) is 3.12. The first kappa shape index (κ1) is 11.8. The molecule has 1 aromatic carbocycles. The van der Waals surface area contributed by atoms with Crippen LogP contribution in [0.5, 0.6) is 0 Å². The number of Topliss-reactive ketones (excluding diaryl/α,β-unsaturated/α-hetero) is 1. The number of thioether (sulfide) groups is 1. The van der Waals surface area contributed by atoms with E-state index in [1.54, 1.807) is 0 Å². The van der Waals surface area contributed by atoms with Crippen molar-refractivity contribution in [3.8, 4) is 0 Å². The Balaban J connectivity index is 1.86. The van der Waals surface area contributed by atoms with Gasteiger partial charge in [-0.25, -0.2) is 4.98 Å². The number of carbonyl (C=O) groups is 1. The molecule has 1 saturated heterocycles. The lowest BCUT2D eigenvalue weighted by molar-refractivity contribution is -0.121. The smallest absolute Gasteiger partial charge is 0.144 e. The van der Waals surface area contributed by atoms with E-state index in [9.17, 15) is 4.79 Å². The zero-order valence-corrected chi connectivity index (χ0v) is 11.2. The second-order valence-electron chi connectivity index (χ2n) is 4.78. The van der Waals surface area contributed by atoms with E-state index in [1.165, 1.54) is 0 Å². The number of aryl methyl sites for hydroxylation is 1. The van der Waals surface area contributed by atoms with Crippen molar-refractivity contribution in [1.82, 2.24) is 9.55 Å². The van der Waals surface area contributed by atoms with Gasteiger partial charge >= 0.3 is 0 Å². The minimum absolute atomic E-state index is 0.245. The van der Waals surface area contributed by atoms with Crippen molar-refractivity contribution in [3.63, 3.8) is 0 Å². The summed E-state index contributed by atoms with van der Waals surface area (Å²) >= 11 is 1.88. The maximum absolute atomic E-state index is 12.2. The summed E-state index contributed by atoms with van der Waals surface area (Å²) in [6.45, 7) is 0. The average Bonchev–Trinajstić information content (AvgIpc) is 3.00. The van der Waals surface area contributed by atoms with Crippen molar-refractivity contribution in [3.05, 3.63) is 30.1 Å². The van der Waals surface area contributed by atoms with Crippen molar-refractivity contribution >= 4 is 28.6 Å². The van der Waals surface area contributed by atoms with Gasteiger partial charge in [0.2, 0.25) is 0 Å². The third-order valence-electron chi connectivity index (χ3n) is 3.60. The van der Waals surface area contributed by atoms with E-state index in [2.05, 4.69) is 4.98 Å². The molecule has 0 spiro atoms. The number of fused-ring (bicyclic) bond motifs is 1. The summed E-state index contributed by atoms with van der Waals surface area (Å²) < 4.78 is 2.04. The number of ketones is 1. The first-order valence-electron chi connectivity index (χ1n) is 6.26. The van der Waals surface area contributed by atoms with Crippen molar-refractivity contribution in [2.24, 2.45) is 13.0 Å². The third kappa shape index (κ3) is 2.05. The quantitative estimate of drug-likeness (QED) is 0.850. The van der Waals surface area contributed by atoms with Gasteiger partial charge in [-0.1, -0.05) is 12.1 Å². The molecule has 3 rings (SSSR count). The van der Waals surface area contributed by atoms with E-state index in [0.29, 0.717) is 12.2 Å². The van der Waals surface area contributed by atoms with E-state index in [0.717, 1.165) is 34.8 Å². The fourth-order valence-electron chi connectivity index (χ4n) is 2.44. The molecule has 0 amide bonds. The molecule has 1 aliphatic rings. The maximum atomic E-state index is 12.2. The van der Waals surface area contributed by atoms with Gasteiger partial charge in [-0.05, 0) is 24.3 Å². The lowest BCUT2D eigenvalue weighted by Gasteiger charge is -2.06. The molecule has 1 atom stereocenters. The first-order valence-corrected chi connectivity index (χ1v) is 7.42. The summed E-state index contributed by atoms with van der Waals surface area (Å²) in [5, 5.41) is 0. The summed E-state index contributed by atoms with van der Waals surface area (Å²) in [4.78, 5) is 16.7. The lowest BCUT2D eigenvalue weighted by atomic mass is 10.0. The van der Waals surface area contributed by atoms with Gasteiger partial charge in [0.25, 0.3) is 0 Å². The van der Waals surface area contributed by atoms with Crippen LogP contribution in [-0.4, -0.2) is 26.8 Å². The number of aromatic nitrogens is 2. The van der Waals surface area contributed by atoms with Crippen LogP contribution in [0, 0.1) is 5.92 Å². The predicted molar refractivity (Wildman–Crippen MR) is 74.9 cm³/mol. The van der Waals surface area contributed by atoms with E-state index in [1.807, 2.05) is 47.6 Å². The largest absolute Gasteiger partial charge is 0.331 e. The average molecular weight is 260 g/mol. The minimum Gasteiger partial charge on any atom is -0.331 e. The summed E-state index contributed by atoms with van der Waals surface area (Å²) in [5.74, 6) is 3.59. The van der Waals surface area contributed by atoms with Gasteiger partial charge in [0, 0.05) is 18.7 Å². The van der Waals surface area contributed by atoms with Crippen LogP contribution in [0.25, 0.3) is 11.0 Å². The summed E-state index contributed by atoms with van der Waals surface area (Å²) in [5.41, 5.74) is 2.07. The zero-order valence-electron chi connectivity index (χ0n) is 10.4. The van der Waals surface area contributed by atoms with Crippen LogP contribution in [0.15, 0.2) is 24.3 Å². The Labute approximate surface area is 111 Å². The molecule has 0 aliphatic carbocycles. The molecule has 2 heterocycles. The van der Waals surface area contributed by atoms with Gasteiger partial charge in [0.05, 0.1) is 17.5 Å². The number of imidazole rings is 1. The number of rotatable bonds is 3. The Bertz CT molecular complexity index is 584. The van der Waals surface area contributed by atoms with Gasteiger partial charge < -0.3 is 4.57 Å². The molecule has 4 heteroatoms. The number of para-hydroxylation sites is 2. The maximum Gasteiger partial charge on any atom is 0.144 e. The van der Waals surface area contributed by atoms with Crippen LogP contribution in [0.3, 0.4) is 0 Å². The highest BCUT2D eigenvalue weighted by Crippen LogP contribution is 2.25. The molecule has 3 nitrogen and oxygen atoms in total. The molecule has 1 aromatic heterocycles. The Morgan fingerprint density at radius 1 is 1.50 bits per heavy atom. The van der Waals surface area contributed by atoms with Crippen molar-refractivity contribution in [2.45, 2.75) is 12.8 Å². The van der Waals surface area contributed by atoms with Crippen LogP contribution in [0.4, 0.5) is 0 Å². The number of hydrogen-bond donors (Lipinski definition) is 0. The molecule has 18 heavy (non-hydrogen) atoms. The highest BCUT2D eigenvalue weighted by molar-refractivity contribution is 7.99. The van der Waals surface area contributed by atoms with Crippen LogP contribution >= 0.6 is 11.8 Å². The third-order valence-corrected chi connectivity index (χ3v) is 4.76. The van der Waals surface area contributed by atoms with Crippen LogP contribution < -0.4 is 0 Å². The lowest BCUT2D eigenvalue weighted by Crippen LogP contribution is -2.18. The summed E-state index contributed by atoms with van der Waals surface area (Å²) in [6, 6.07) is 8.02. The Hall–Kier alpha value is -1.29. The molecular formula is C14H16N2OS. The van der Waals surface area contributed by atoms with Crippen LogP contribution in [-0.2, 0) is 18.3 Å². The Morgan fingerprint density at radius 3 is 3.06 bits per heavy atom. The highest BCUT2D eigenvalue weighted by Gasteiger charge is 2.24. The number of benzene rings is 1. The van der Waals surface area contributed by atoms with Gasteiger partial charge in [-0.2, -0.15) is 11.8 Å². The second-order valence-corrected chi connectivity index (χ2v) is 5.93. The zero-order chi connectivity index (χ0) is 12.5. The van der Waals surface area contributed by atoms with E-state index in [-0.39, 0.29) is 5.92 Å². The first-order chi connectivity index (χ1) is 8.75. The van der Waals surface area contributed by atoms with Gasteiger partial charge in [-0.3, -0.25) is 4.79 Å². The highest BCUT2D eigenvalue weighted by atomic mass is 32.2. The molecule has 0 saturated carbocycles. The van der Waals surface area contributed by atoms with Crippen LogP contribution in [0.2, 0.25) is 0 Å². The molecule has 1 fully saturated rings. The van der Waals surface area contributed by atoms with Crippen LogP contribution in [0.1, 0.15) is 12.2 Å². The molecule has 0 N–H and O–H groups in total. The van der Waals surface area contributed by atoms with E-state index >= 15 is 0 Å². The SMILES string of the molecule is Cn1c(CC(=O)C2CCSC2)nc2ccccc21. The fourth-order valence-corrected chi connectivity index (χ4v) is 3.70. The van der Waals surface area contributed by atoms with Crippen molar-refractivity contribution in [1.29, 1.82) is 0 Å². The molecule has 1 unspecified atom stereocenters. The molecule has 1 aliphatic heterocycles. The minimum atomic E-state index is 0.245. The van der Waals surface area contributed by atoms with Crippen molar-refractivity contribution in [2.75, 3.05) is 11.5 Å². The summed E-state index contributed by atoms with van der Waals surface area (Å²) in [6.07, 6.45) is 1.50. The number of hydrogen-bond acceptors (Lipinski definition) is 3. The second kappa shape index (κ2) is 4.76. The van der Waals surface area contributed by atoms with Gasteiger partial charge in [0.1, 0.15) is 11.6 Å². The van der Waals surface area contributed by atoms with E-state index < -0.39 is 0 Å². The van der Waals surface area contributed by atoms with Crippen molar-refractivity contribution < 1.29 is 4.79 Å². The molecule has 2 aromatic rings. The fraction of sp³-hybridized carbons (Fsp3) is 0.429. The summed E-state index contributed by atoms with van der Waals surface area (Å²) in [7, 11) is 1.99.